The molecule has 1 saturated heterocycles. The molecular weight excluding hydrogens is 266 g/mol. The van der Waals surface area contributed by atoms with Gasteiger partial charge in [0, 0.05) is 26.1 Å². The van der Waals surface area contributed by atoms with E-state index in [1.54, 1.807) is 0 Å². The van der Waals surface area contributed by atoms with Gasteiger partial charge in [-0.3, -0.25) is 14.8 Å². The van der Waals surface area contributed by atoms with Crippen LogP contribution in [0, 0.1) is 5.92 Å². The molecule has 0 radical (unpaired) electrons. The van der Waals surface area contributed by atoms with E-state index < -0.39 is 0 Å². The van der Waals surface area contributed by atoms with E-state index in [2.05, 4.69) is 20.1 Å². The molecule has 1 aromatic rings. The average molecular weight is 293 g/mol. The third-order valence-corrected chi connectivity index (χ3v) is 4.20. The molecule has 2 rings (SSSR count). The topological polar surface area (TPSA) is 65.1 Å². The Labute approximate surface area is 126 Å². The van der Waals surface area contributed by atoms with Crippen molar-refractivity contribution in [2.24, 2.45) is 5.92 Å². The van der Waals surface area contributed by atoms with Crippen molar-refractivity contribution in [2.45, 2.75) is 46.6 Å². The van der Waals surface area contributed by atoms with Crippen LogP contribution in [0.2, 0.25) is 0 Å². The van der Waals surface area contributed by atoms with Gasteiger partial charge in [-0.25, -0.2) is 4.98 Å². The van der Waals surface area contributed by atoms with E-state index in [0.29, 0.717) is 5.91 Å². The van der Waals surface area contributed by atoms with Crippen molar-refractivity contribution >= 4 is 5.91 Å². The maximum atomic E-state index is 12.5. The Bertz CT molecular complexity index is 455. The minimum Gasteiger partial charge on any atom is -0.343 e. The zero-order valence-corrected chi connectivity index (χ0v) is 13.4. The number of amides is 1. The molecule has 6 heteroatoms. The molecule has 1 N–H and O–H groups in total. The number of likely N-dealkylation sites (tertiary alicyclic amines) is 1. The maximum absolute atomic E-state index is 12.5. The fraction of sp³-hybridized carbons (Fsp3) is 0.800. The van der Waals surface area contributed by atoms with Crippen LogP contribution in [0.25, 0.3) is 0 Å². The van der Waals surface area contributed by atoms with Crippen LogP contribution in [-0.2, 0) is 17.8 Å². The SMILES string of the molecule is CCc1n[nH]c(CN2CCCC(C(=O)N(CC)CC)C2)n1. The van der Waals surface area contributed by atoms with Crippen LogP contribution in [0.15, 0.2) is 0 Å². The van der Waals surface area contributed by atoms with Crippen molar-refractivity contribution in [1.29, 1.82) is 0 Å². The Kier molecular flexibility index (Phi) is 5.73. The predicted octanol–water partition coefficient (Wildman–Crippen LogP) is 1.45. The fourth-order valence-electron chi connectivity index (χ4n) is 2.97. The molecule has 1 atom stereocenters. The number of hydrogen-bond acceptors (Lipinski definition) is 4. The highest BCUT2D eigenvalue weighted by Crippen LogP contribution is 2.20. The summed E-state index contributed by atoms with van der Waals surface area (Å²) in [6.07, 6.45) is 2.93. The van der Waals surface area contributed by atoms with Crippen LogP contribution in [0.4, 0.5) is 0 Å². The molecule has 0 aromatic carbocycles. The minimum absolute atomic E-state index is 0.132. The summed E-state index contributed by atoms with van der Waals surface area (Å²) in [7, 11) is 0. The molecule has 0 spiro atoms. The van der Waals surface area contributed by atoms with Gasteiger partial charge in [0.15, 0.2) is 0 Å². The number of carbonyl (C=O) groups is 1. The molecule has 0 bridgehead atoms. The molecule has 1 aliphatic rings. The average Bonchev–Trinajstić information content (AvgIpc) is 2.96. The van der Waals surface area contributed by atoms with Gasteiger partial charge in [0.1, 0.15) is 11.6 Å². The normalized spacial score (nSPS) is 19.7. The molecule has 1 unspecified atom stereocenters. The molecule has 118 valence electrons. The fourth-order valence-corrected chi connectivity index (χ4v) is 2.97. The molecule has 21 heavy (non-hydrogen) atoms. The molecule has 2 heterocycles. The van der Waals surface area contributed by atoms with Crippen molar-refractivity contribution in [3.05, 3.63) is 11.6 Å². The van der Waals surface area contributed by atoms with Gasteiger partial charge in [0.2, 0.25) is 5.91 Å². The zero-order valence-electron chi connectivity index (χ0n) is 13.4. The number of aryl methyl sites for hydroxylation is 1. The highest BCUT2D eigenvalue weighted by molar-refractivity contribution is 5.79. The Morgan fingerprint density at radius 1 is 1.38 bits per heavy atom. The standard InChI is InChI=1S/C15H27N5O/c1-4-13-16-14(18-17-13)11-19-9-7-8-12(10-19)15(21)20(5-2)6-3/h12H,4-11H2,1-3H3,(H,16,17,18). The van der Waals surface area contributed by atoms with E-state index in [-0.39, 0.29) is 5.92 Å². The first-order valence-corrected chi connectivity index (χ1v) is 8.09. The molecule has 0 aliphatic carbocycles. The van der Waals surface area contributed by atoms with Gasteiger partial charge in [-0.1, -0.05) is 6.92 Å². The Morgan fingerprint density at radius 2 is 2.14 bits per heavy atom. The maximum Gasteiger partial charge on any atom is 0.226 e. The first-order valence-electron chi connectivity index (χ1n) is 8.09. The minimum atomic E-state index is 0.132. The number of nitrogens with one attached hydrogen (secondary N) is 1. The number of carbonyl (C=O) groups excluding carboxylic acids is 1. The van der Waals surface area contributed by atoms with Gasteiger partial charge < -0.3 is 4.90 Å². The first kappa shape index (κ1) is 15.9. The van der Waals surface area contributed by atoms with Gasteiger partial charge in [-0.15, -0.1) is 0 Å². The number of aromatic nitrogens is 3. The van der Waals surface area contributed by atoms with E-state index in [9.17, 15) is 4.79 Å². The molecule has 1 aliphatic heterocycles. The van der Waals surface area contributed by atoms with Crippen LogP contribution in [0.1, 0.15) is 45.3 Å². The number of nitrogens with zero attached hydrogens (tertiary/aromatic N) is 4. The quantitative estimate of drug-likeness (QED) is 0.862. The van der Waals surface area contributed by atoms with E-state index in [4.69, 9.17) is 0 Å². The van der Waals surface area contributed by atoms with Crippen LogP contribution >= 0.6 is 0 Å². The van der Waals surface area contributed by atoms with Crippen LogP contribution < -0.4 is 0 Å². The van der Waals surface area contributed by atoms with E-state index in [1.165, 1.54) is 0 Å². The van der Waals surface area contributed by atoms with Crippen LogP contribution in [0.5, 0.6) is 0 Å². The monoisotopic (exact) mass is 293 g/mol. The number of aromatic amines is 1. The second kappa shape index (κ2) is 7.54. The van der Waals surface area contributed by atoms with E-state index in [1.807, 2.05) is 25.7 Å². The summed E-state index contributed by atoms with van der Waals surface area (Å²) in [5, 5.41) is 7.17. The number of rotatable bonds is 6. The molecule has 1 amide bonds. The summed E-state index contributed by atoms with van der Waals surface area (Å²) in [6.45, 7) is 10.4. The van der Waals surface area contributed by atoms with Crippen LogP contribution in [0.3, 0.4) is 0 Å². The van der Waals surface area contributed by atoms with Gasteiger partial charge in [0.05, 0.1) is 12.5 Å². The van der Waals surface area contributed by atoms with Gasteiger partial charge in [0.25, 0.3) is 0 Å². The lowest BCUT2D eigenvalue weighted by atomic mass is 9.96. The van der Waals surface area contributed by atoms with Gasteiger partial charge >= 0.3 is 0 Å². The lowest BCUT2D eigenvalue weighted by Gasteiger charge is -2.34. The number of hydrogen-bond donors (Lipinski definition) is 1. The molecule has 1 fully saturated rings. The lowest BCUT2D eigenvalue weighted by molar-refractivity contribution is -0.137. The van der Waals surface area contributed by atoms with Gasteiger partial charge in [-0.2, -0.15) is 5.10 Å². The molecule has 6 nitrogen and oxygen atoms in total. The Balaban J connectivity index is 1.92. The summed E-state index contributed by atoms with van der Waals surface area (Å²) in [5.74, 6) is 2.20. The predicted molar refractivity (Wildman–Crippen MR) is 81.7 cm³/mol. The lowest BCUT2D eigenvalue weighted by Crippen LogP contribution is -2.44. The molecule has 1 aromatic heterocycles. The van der Waals surface area contributed by atoms with Gasteiger partial charge in [-0.05, 0) is 33.2 Å². The first-order chi connectivity index (χ1) is 10.2. The second-order valence-electron chi connectivity index (χ2n) is 5.64. The van der Waals surface area contributed by atoms with Crippen molar-refractivity contribution in [1.82, 2.24) is 25.0 Å². The summed E-state index contributed by atoms with van der Waals surface area (Å²) < 4.78 is 0. The summed E-state index contributed by atoms with van der Waals surface area (Å²) in [5.41, 5.74) is 0. The second-order valence-corrected chi connectivity index (χ2v) is 5.64. The summed E-state index contributed by atoms with van der Waals surface area (Å²) in [4.78, 5) is 21.2. The van der Waals surface area contributed by atoms with Crippen LogP contribution in [-0.4, -0.2) is 57.1 Å². The van der Waals surface area contributed by atoms with Crippen molar-refractivity contribution in [3.8, 4) is 0 Å². The number of piperidine rings is 1. The molecule has 0 saturated carbocycles. The highest BCUT2D eigenvalue weighted by Gasteiger charge is 2.28. The third kappa shape index (κ3) is 4.03. The Morgan fingerprint density at radius 3 is 2.76 bits per heavy atom. The van der Waals surface area contributed by atoms with E-state index >= 15 is 0 Å². The van der Waals surface area contributed by atoms with Crippen molar-refractivity contribution in [3.63, 3.8) is 0 Å². The molecular formula is C15H27N5O. The van der Waals surface area contributed by atoms with E-state index in [0.717, 1.165) is 63.6 Å². The largest absolute Gasteiger partial charge is 0.343 e. The highest BCUT2D eigenvalue weighted by atomic mass is 16.2. The smallest absolute Gasteiger partial charge is 0.226 e. The van der Waals surface area contributed by atoms with Crippen molar-refractivity contribution < 1.29 is 4.79 Å². The van der Waals surface area contributed by atoms with Crippen molar-refractivity contribution in [2.75, 3.05) is 26.2 Å². The third-order valence-electron chi connectivity index (χ3n) is 4.20. The Hall–Kier alpha value is -1.43. The number of H-pyrrole nitrogens is 1. The summed E-state index contributed by atoms with van der Waals surface area (Å²) >= 11 is 0. The summed E-state index contributed by atoms with van der Waals surface area (Å²) in [6, 6.07) is 0. The zero-order chi connectivity index (χ0) is 15.2.